The molecular weight excluding hydrogens is 295 g/mol. The SMILES string of the molecule is CN(CCOc1ccccc1F)CC(=O)N1CCCCCCC1. The van der Waals surface area contributed by atoms with Crippen LogP contribution in [0.25, 0.3) is 0 Å². The first-order valence-electron chi connectivity index (χ1n) is 8.50. The number of likely N-dealkylation sites (tertiary alicyclic amines) is 1. The fourth-order valence-corrected chi connectivity index (χ4v) is 2.78. The van der Waals surface area contributed by atoms with Gasteiger partial charge in [-0.05, 0) is 32.0 Å². The Bertz CT molecular complexity index is 488. The maximum absolute atomic E-state index is 13.4. The highest BCUT2D eigenvalue weighted by atomic mass is 19.1. The summed E-state index contributed by atoms with van der Waals surface area (Å²) < 4.78 is 18.9. The van der Waals surface area contributed by atoms with Gasteiger partial charge < -0.3 is 9.64 Å². The molecule has 23 heavy (non-hydrogen) atoms. The van der Waals surface area contributed by atoms with E-state index in [9.17, 15) is 9.18 Å². The highest BCUT2D eigenvalue weighted by molar-refractivity contribution is 5.78. The van der Waals surface area contributed by atoms with Crippen molar-refractivity contribution < 1.29 is 13.9 Å². The van der Waals surface area contributed by atoms with E-state index < -0.39 is 0 Å². The van der Waals surface area contributed by atoms with Crippen molar-refractivity contribution in [3.05, 3.63) is 30.1 Å². The molecular formula is C18H27FN2O2. The Balaban J connectivity index is 1.70. The Hall–Kier alpha value is -1.62. The summed E-state index contributed by atoms with van der Waals surface area (Å²) in [4.78, 5) is 16.3. The molecule has 0 N–H and O–H groups in total. The van der Waals surface area contributed by atoms with Crippen molar-refractivity contribution >= 4 is 5.91 Å². The molecule has 5 heteroatoms. The summed E-state index contributed by atoms with van der Waals surface area (Å²) >= 11 is 0. The van der Waals surface area contributed by atoms with Crippen molar-refractivity contribution in [1.82, 2.24) is 9.80 Å². The van der Waals surface area contributed by atoms with Gasteiger partial charge in [-0.2, -0.15) is 0 Å². The third-order valence-corrected chi connectivity index (χ3v) is 4.18. The van der Waals surface area contributed by atoms with E-state index in [0.29, 0.717) is 19.7 Å². The van der Waals surface area contributed by atoms with Gasteiger partial charge in [0.05, 0.1) is 6.54 Å². The van der Waals surface area contributed by atoms with Crippen molar-refractivity contribution in [2.24, 2.45) is 0 Å². The molecule has 0 radical (unpaired) electrons. The molecule has 0 aromatic heterocycles. The molecule has 0 atom stereocenters. The predicted octanol–water partition coefficient (Wildman–Crippen LogP) is 2.93. The number of nitrogens with zero attached hydrogens (tertiary/aromatic N) is 2. The number of likely N-dealkylation sites (N-methyl/N-ethyl adjacent to an activating group) is 1. The van der Waals surface area contributed by atoms with Crippen LogP contribution in [0.4, 0.5) is 4.39 Å². The molecule has 0 spiro atoms. The fraction of sp³-hybridized carbons (Fsp3) is 0.611. The standard InChI is InChI=1S/C18H27FN2O2/c1-20(13-14-23-17-10-6-5-9-16(17)19)15-18(22)21-11-7-3-2-4-8-12-21/h5-6,9-10H,2-4,7-8,11-15H2,1H3. The van der Waals surface area contributed by atoms with Crippen molar-refractivity contribution in [1.29, 1.82) is 0 Å². The van der Waals surface area contributed by atoms with Crippen LogP contribution in [-0.2, 0) is 4.79 Å². The summed E-state index contributed by atoms with van der Waals surface area (Å²) in [5.74, 6) is 0.0862. The molecule has 0 saturated carbocycles. The average molecular weight is 322 g/mol. The van der Waals surface area contributed by atoms with Gasteiger partial charge in [-0.15, -0.1) is 0 Å². The van der Waals surface area contributed by atoms with Crippen LogP contribution >= 0.6 is 0 Å². The highest BCUT2D eigenvalue weighted by Gasteiger charge is 2.16. The highest BCUT2D eigenvalue weighted by Crippen LogP contribution is 2.15. The lowest BCUT2D eigenvalue weighted by molar-refractivity contribution is -0.132. The maximum Gasteiger partial charge on any atom is 0.236 e. The molecule has 1 saturated heterocycles. The predicted molar refractivity (Wildman–Crippen MR) is 89.1 cm³/mol. The molecule has 0 aliphatic carbocycles. The molecule has 1 fully saturated rings. The summed E-state index contributed by atoms with van der Waals surface area (Å²) in [6.45, 7) is 3.09. The largest absolute Gasteiger partial charge is 0.489 e. The quantitative estimate of drug-likeness (QED) is 0.807. The van der Waals surface area contributed by atoms with Crippen LogP contribution in [0.1, 0.15) is 32.1 Å². The van der Waals surface area contributed by atoms with Crippen LogP contribution < -0.4 is 4.74 Å². The Morgan fingerprint density at radius 3 is 2.52 bits per heavy atom. The maximum atomic E-state index is 13.4. The van der Waals surface area contributed by atoms with Crippen LogP contribution in [-0.4, -0.2) is 55.5 Å². The van der Waals surface area contributed by atoms with Crippen LogP contribution in [0.3, 0.4) is 0 Å². The van der Waals surface area contributed by atoms with Gasteiger partial charge in [0.25, 0.3) is 0 Å². The van der Waals surface area contributed by atoms with Gasteiger partial charge in [-0.3, -0.25) is 9.69 Å². The first-order chi connectivity index (χ1) is 11.2. The van der Waals surface area contributed by atoms with E-state index in [2.05, 4.69) is 0 Å². The Morgan fingerprint density at radius 1 is 1.17 bits per heavy atom. The third-order valence-electron chi connectivity index (χ3n) is 4.18. The summed E-state index contributed by atoms with van der Waals surface area (Å²) in [6.07, 6.45) is 5.93. The molecule has 1 heterocycles. The number of ether oxygens (including phenoxy) is 1. The third kappa shape index (κ3) is 6.18. The molecule has 1 aliphatic heterocycles. The zero-order valence-corrected chi connectivity index (χ0v) is 14.0. The Kier molecular flexibility index (Phi) is 7.33. The van der Waals surface area contributed by atoms with E-state index in [1.165, 1.54) is 25.3 Å². The zero-order valence-electron chi connectivity index (χ0n) is 14.0. The normalized spacial score (nSPS) is 16.0. The van der Waals surface area contributed by atoms with Crippen LogP contribution in [0.2, 0.25) is 0 Å². The van der Waals surface area contributed by atoms with Gasteiger partial charge in [-0.25, -0.2) is 4.39 Å². The van der Waals surface area contributed by atoms with Crippen molar-refractivity contribution in [2.75, 3.05) is 39.8 Å². The van der Waals surface area contributed by atoms with Crippen LogP contribution in [0, 0.1) is 5.82 Å². The van der Waals surface area contributed by atoms with Gasteiger partial charge in [-0.1, -0.05) is 31.4 Å². The van der Waals surface area contributed by atoms with E-state index in [-0.39, 0.29) is 17.5 Å². The minimum absolute atomic E-state index is 0.181. The molecule has 4 nitrogen and oxygen atoms in total. The molecule has 1 amide bonds. The first kappa shape index (κ1) is 17.7. The second-order valence-electron chi connectivity index (χ2n) is 6.17. The molecule has 2 rings (SSSR count). The van der Waals surface area contributed by atoms with Gasteiger partial charge >= 0.3 is 0 Å². The summed E-state index contributed by atoms with van der Waals surface area (Å²) in [6, 6.07) is 6.37. The van der Waals surface area contributed by atoms with Crippen LogP contribution in [0.5, 0.6) is 5.75 Å². The Labute approximate surface area is 138 Å². The van der Waals surface area contributed by atoms with Gasteiger partial charge in [0.1, 0.15) is 6.61 Å². The van der Waals surface area contributed by atoms with Crippen molar-refractivity contribution in [3.63, 3.8) is 0 Å². The van der Waals surface area contributed by atoms with Gasteiger partial charge in [0.15, 0.2) is 11.6 Å². The monoisotopic (exact) mass is 322 g/mol. The number of carbonyl (C=O) groups is 1. The molecule has 0 unspecified atom stereocenters. The van der Waals surface area contributed by atoms with E-state index in [1.807, 2.05) is 16.8 Å². The Morgan fingerprint density at radius 2 is 1.83 bits per heavy atom. The molecule has 1 aliphatic rings. The van der Waals surface area contributed by atoms with Crippen LogP contribution in [0.15, 0.2) is 24.3 Å². The molecule has 1 aromatic rings. The number of halogens is 1. The number of hydrogen-bond donors (Lipinski definition) is 0. The average Bonchev–Trinajstić information content (AvgIpc) is 2.48. The summed E-state index contributed by atoms with van der Waals surface area (Å²) in [7, 11) is 1.90. The van der Waals surface area contributed by atoms with Crippen molar-refractivity contribution in [3.8, 4) is 5.75 Å². The molecule has 128 valence electrons. The number of amides is 1. The number of hydrogen-bond acceptors (Lipinski definition) is 3. The number of carbonyl (C=O) groups excluding carboxylic acids is 1. The second-order valence-corrected chi connectivity index (χ2v) is 6.17. The summed E-state index contributed by atoms with van der Waals surface area (Å²) in [5.41, 5.74) is 0. The van der Waals surface area contributed by atoms with Crippen molar-refractivity contribution in [2.45, 2.75) is 32.1 Å². The lowest BCUT2D eigenvalue weighted by Gasteiger charge is -2.27. The zero-order chi connectivity index (χ0) is 16.5. The molecule has 1 aromatic carbocycles. The summed E-state index contributed by atoms with van der Waals surface area (Å²) in [5, 5.41) is 0. The second kappa shape index (κ2) is 9.50. The van der Waals surface area contributed by atoms with E-state index in [0.717, 1.165) is 25.9 Å². The van der Waals surface area contributed by atoms with Gasteiger partial charge in [0.2, 0.25) is 5.91 Å². The van der Waals surface area contributed by atoms with E-state index in [4.69, 9.17) is 4.74 Å². The molecule has 0 bridgehead atoms. The van der Waals surface area contributed by atoms with E-state index >= 15 is 0 Å². The smallest absolute Gasteiger partial charge is 0.236 e. The first-order valence-corrected chi connectivity index (χ1v) is 8.50. The fourth-order valence-electron chi connectivity index (χ4n) is 2.78. The topological polar surface area (TPSA) is 32.8 Å². The number of benzene rings is 1. The van der Waals surface area contributed by atoms with E-state index in [1.54, 1.807) is 18.2 Å². The minimum Gasteiger partial charge on any atom is -0.489 e. The van der Waals surface area contributed by atoms with Gasteiger partial charge in [0, 0.05) is 19.6 Å². The number of para-hydroxylation sites is 1. The number of rotatable bonds is 6. The minimum atomic E-state index is -0.355. The lowest BCUT2D eigenvalue weighted by Crippen LogP contribution is -2.41. The lowest BCUT2D eigenvalue weighted by atomic mass is 10.1.